The lowest BCUT2D eigenvalue weighted by atomic mass is 10.1. The first-order valence-corrected chi connectivity index (χ1v) is 4.83. The van der Waals surface area contributed by atoms with Crippen molar-refractivity contribution in [2.45, 2.75) is 13.8 Å². The van der Waals surface area contributed by atoms with Gasteiger partial charge in [0.2, 0.25) is 0 Å². The highest BCUT2D eigenvalue weighted by atomic mass is 79.9. The van der Waals surface area contributed by atoms with Crippen LogP contribution in [0, 0.1) is 13.8 Å². The van der Waals surface area contributed by atoms with Crippen molar-refractivity contribution in [1.29, 1.82) is 0 Å². The number of halogens is 1. The minimum absolute atomic E-state index is 0.281. The van der Waals surface area contributed by atoms with Gasteiger partial charge < -0.3 is 9.47 Å². The molecule has 2 nitrogen and oxygen atoms in total. The van der Waals surface area contributed by atoms with E-state index in [1.54, 1.807) is 7.11 Å². The first-order valence-electron chi connectivity index (χ1n) is 4.04. The van der Waals surface area contributed by atoms with Crippen LogP contribution in [0.3, 0.4) is 0 Å². The van der Waals surface area contributed by atoms with Crippen molar-refractivity contribution in [1.82, 2.24) is 0 Å². The van der Waals surface area contributed by atoms with Crippen LogP contribution in [0.5, 0.6) is 5.75 Å². The molecule has 0 unspecified atom stereocenters. The fourth-order valence-electron chi connectivity index (χ4n) is 1.05. The summed E-state index contributed by atoms with van der Waals surface area (Å²) in [4.78, 5) is 0. The van der Waals surface area contributed by atoms with Gasteiger partial charge in [0.25, 0.3) is 0 Å². The molecule has 3 heteroatoms. The first kappa shape index (κ1) is 10.5. The molecule has 0 spiro atoms. The molecular weight excluding hydrogens is 232 g/mol. The molecule has 0 saturated carbocycles. The van der Waals surface area contributed by atoms with Crippen LogP contribution in [-0.2, 0) is 4.74 Å². The van der Waals surface area contributed by atoms with Crippen molar-refractivity contribution < 1.29 is 9.47 Å². The number of methoxy groups -OCH3 is 1. The van der Waals surface area contributed by atoms with Crippen LogP contribution >= 0.6 is 15.9 Å². The Morgan fingerprint density at radius 1 is 1.31 bits per heavy atom. The van der Waals surface area contributed by atoms with Gasteiger partial charge in [-0.3, -0.25) is 0 Å². The average molecular weight is 245 g/mol. The highest BCUT2D eigenvalue weighted by Gasteiger charge is 2.06. The van der Waals surface area contributed by atoms with Crippen LogP contribution in [-0.4, -0.2) is 13.9 Å². The standard InChI is InChI=1S/C10H13BrO2/c1-7-4-5-9(11)10(8(7)2)13-6-12-3/h4-5H,6H2,1-3H3. The van der Waals surface area contributed by atoms with Crippen molar-refractivity contribution in [2.75, 3.05) is 13.9 Å². The minimum atomic E-state index is 0.281. The monoisotopic (exact) mass is 244 g/mol. The van der Waals surface area contributed by atoms with E-state index in [9.17, 15) is 0 Å². The molecule has 0 heterocycles. The van der Waals surface area contributed by atoms with Gasteiger partial charge >= 0.3 is 0 Å². The molecule has 1 rings (SSSR count). The molecule has 0 aliphatic heterocycles. The molecule has 0 bridgehead atoms. The second-order valence-corrected chi connectivity index (χ2v) is 3.72. The van der Waals surface area contributed by atoms with E-state index in [0.29, 0.717) is 0 Å². The van der Waals surface area contributed by atoms with E-state index in [2.05, 4.69) is 28.9 Å². The van der Waals surface area contributed by atoms with E-state index in [1.807, 2.05) is 13.0 Å². The predicted molar refractivity (Wildman–Crippen MR) is 56.1 cm³/mol. The van der Waals surface area contributed by atoms with Crippen LogP contribution in [0.15, 0.2) is 16.6 Å². The summed E-state index contributed by atoms with van der Waals surface area (Å²) in [6.45, 7) is 4.37. The SMILES string of the molecule is COCOc1c(Br)ccc(C)c1C. The molecule has 72 valence electrons. The minimum Gasteiger partial charge on any atom is -0.466 e. The topological polar surface area (TPSA) is 18.5 Å². The van der Waals surface area contributed by atoms with E-state index < -0.39 is 0 Å². The van der Waals surface area contributed by atoms with Gasteiger partial charge in [-0.25, -0.2) is 0 Å². The third-order valence-corrected chi connectivity index (χ3v) is 2.57. The Morgan fingerprint density at radius 3 is 2.62 bits per heavy atom. The van der Waals surface area contributed by atoms with Crippen LogP contribution in [0.25, 0.3) is 0 Å². The fourth-order valence-corrected chi connectivity index (χ4v) is 1.60. The highest BCUT2D eigenvalue weighted by molar-refractivity contribution is 9.10. The van der Waals surface area contributed by atoms with E-state index in [0.717, 1.165) is 15.8 Å². The number of hydrogen-bond acceptors (Lipinski definition) is 2. The Hall–Kier alpha value is -0.540. The highest BCUT2D eigenvalue weighted by Crippen LogP contribution is 2.30. The van der Waals surface area contributed by atoms with Gasteiger partial charge in [0, 0.05) is 7.11 Å². The summed E-state index contributed by atoms with van der Waals surface area (Å²) in [5.74, 6) is 0.863. The van der Waals surface area contributed by atoms with E-state index in [-0.39, 0.29) is 6.79 Å². The quantitative estimate of drug-likeness (QED) is 0.762. The Balaban J connectivity index is 2.96. The third-order valence-electron chi connectivity index (χ3n) is 1.95. The smallest absolute Gasteiger partial charge is 0.188 e. The van der Waals surface area contributed by atoms with Crippen LogP contribution in [0.1, 0.15) is 11.1 Å². The molecular formula is C10H13BrO2. The second-order valence-electron chi connectivity index (χ2n) is 2.87. The number of benzene rings is 1. The van der Waals surface area contributed by atoms with Crippen molar-refractivity contribution in [3.05, 3.63) is 27.7 Å². The Labute approximate surface area is 87.0 Å². The number of aryl methyl sites for hydroxylation is 1. The number of rotatable bonds is 3. The Bertz CT molecular complexity index is 297. The lowest BCUT2D eigenvalue weighted by Crippen LogP contribution is -2.01. The maximum atomic E-state index is 5.43. The Kier molecular flexibility index (Phi) is 3.75. The maximum absolute atomic E-state index is 5.43. The molecule has 0 aliphatic carbocycles. The molecule has 0 aliphatic rings. The second kappa shape index (κ2) is 4.63. The molecule has 0 radical (unpaired) electrons. The van der Waals surface area contributed by atoms with Crippen molar-refractivity contribution in [3.63, 3.8) is 0 Å². The molecule has 1 aromatic carbocycles. The van der Waals surface area contributed by atoms with Crippen LogP contribution in [0.2, 0.25) is 0 Å². The molecule has 13 heavy (non-hydrogen) atoms. The van der Waals surface area contributed by atoms with Gasteiger partial charge in [-0.15, -0.1) is 0 Å². The Morgan fingerprint density at radius 2 is 2.00 bits per heavy atom. The van der Waals surface area contributed by atoms with Gasteiger partial charge in [-0.05, 0) is 47.0 Å². The first-order chi connectivity index (χ1) is 6.16. The van der Waals surface area contributed by atoms with Gasteiger partial charge in [-0.1, -0.05) is 6.07 Å². The fraction of sp³-hybridized carbons (Fsp3) is 0.400. The zero-order valence-electron chi connectivity index (χ0n) is 8.06. The molecule has 1 aromatic rings. The molecule has 0 fully saturated rings. The van der Waals surface area contributed by atoms with Crippen molar-refractivity contribution >= 4 is 15.9 Å². The zero-order valence-corrected chi connectivity index (χ0v) is 9.64. The molecule has 0 saturated heterocycles. The van der Waals surface area contributed by atoms with E-state index in [1.165, 1.54) is 5.56 Å². The summed E-state index contributed by atoms with van der Waals surface area (Å²) in [5.41, 5.74) is 2.36. The van der Waals surface area contributed by atoms with Gasteiger partial charge in [0.15, 0.2) is 6.79 Å². The largest absolute Gasteiger partial charge is 0.466 e. The van der Waals surface area contributed by atoms with Crippen molar-refractivity contribution in [3.8, 4) is 5.75 Å². The predicted octanol–water partition coefficient (Wildman–Crippen LogP) is 3.05. The maximum Gasteiger partial charge on any atom is 0.188 e. The van der Waals surface area contributed by atoms with E-state index in [4.69, 9.17) is 9.47 Å². The molecule has 0 amide bonds. The van der Waals surface area contributed by atoms with Crippen LogP contribution in [0.4, 0.5) is 0 Å². The van der Waals surface area contributed by atoms with E-state index >= 15 is 0 Å². The lowest BCUT2D eigenvalue weighted by Gasteiger charge is -2.11. The van der Waals surface area contributed by atoms with Gasteiger partial charge in [-0.2, -0.15) is 0 Å². The van der Waals surface area contributed by atoms with Gasteiger partial charge in [0.1, 0.15) is 5.75 Å². The number of ether oxygens (including phenoxy) is 2. The molecule has 0 atom stereocenters. The summed E-state index contributed by atoms with van der Waals surface area (Å²) in [5, 5.41) is 0. The lowest BCUT2D eigenvalue weighted by molar-refractivity contribution is 0.0500. The summed E-state index contributed by atoms with van der Waals surface area (Å²) >= 11 is 3.43. The van der Waals surface area contributed by atoms with Gasteiger partial charge in [0.05, 0.1) is 4.47 Å². The summed E-state index contributed by atoms with van der Waals surface area (Å²) < 4.78 is 11.2. The molecule has 0 N–H and O–H groups in total. The zero-order chi connectivity index (χ0) is 9.84. The third kappa shape index (κ3) is 2.45. The summed E-state index contributed by atoms with van der Waals surface area (Å²) in [7, 11) is 1.61. The number of hydrogen-bond donors (Lipinski definition) is 0. The summed E-state index contributed by atoms with van der Waals surface area (Å²) in [6, 6.07) is 4.03. The molecule has 0 aromatic heterocycles. The van der Waals surface area contributed by atoms with Crippen LogP contribution < -0.4 is 4.74 Å². The normalized spacial score (nSPS) is 10.2. The summed E-state index contributed by atoms with van der Waals surface area (Å²) in [6.07, 6.45) is 0. The van der Waals surface area contributed by atoms with Crippen molar-refractivity contribution in [2.24, 2.45) is 0 Å². The average Bonchev–Trinajstić information content (AvgIpc) is 2.12.